The van der Waals surface area contributed by atoms with Crippen molar-refractivity contribution in [3.63, 3.8) is 0 Å². The first-order valence-electron chi connectivity index (χ1n) is 9.98. The molecule has 0 bridgehead atoms. The molecule has 0 amide bonds. The van der Waals surface area contributed by atoms with Crippen molar-refractivity contribution < 1.29 is 0 Å². The van der Waals surface area contributed by atoms with Gasteiger partial charge in [0.05, 0.1) is 22.8 Å². The van der Waals surface area contributed by atoms with Crippen LogP contribution in [0.3, 0.4) is 0 Å². The van der Waals surface area contributed by atoms with E-state index in [-0.39, 0.29) is 0 Å². The fraction of sp³-hybridized carbons (Fsp3) is 0.208. The normalized spacial score (nSPS) is 11.6. The maximum Gasteiger partial charge on any atom is 0.349 e. The SMILES string of the molecule is CCc1cccc(C)c1-n1c(C)cc(C=Nn2c(=O)[nH]c3ccccc3c2=O)c1C. The number of nitrogens with one attached hydrogen (secondary N) is 1. The van der Waals surface area contributed by atoms with Crippen LogP contribution in [0.5, 0.6) is 0 Å². The third kappa shape index (κ3) is 3.20. The van der Waals surface area contributed by atoms with Crippen molar-refractivity contribution in [1.29, 1.82) is 0 Å². The van der Waals surface area contributed by atoms with E-state index >= 15 is 0 Å². The van der Waals surface area contributed by atoms with Crippen molar-refractivity contribution in [3.05, 3.63) is 97.4 Å². The first-order valence-corrected chi connectivity index (χ1v) is 9.98. The van der Waals surface area contributed by atoms with Crippen LogP contribution in [-0.4, -0.2) is 20.4 Å². The molecule has 0 saturated heterocycles. The average Bonchev–Trinajstić information content (AvgIpc) is 3.01. The van der Waals surface area contributed by atoms with Crippen molar-refractivity contribution in [2.75, 3.05) is 0 Å². The van der Waals surface area contributed by atoms with Crippen LogP contribution in [0.15, 0.2) is 63.2 Å². The number of hydrogen-bond donors (Lipinski definition) is 1. The molecule has 1 N–H and O–H groups in total. The molecular weight excluding hydrogens is 376 g/mol. The third-order valence-electron chi connectivity index (χ3n) is 5.49. The zero-order chi connectivity index (χ0) is 21.4. The van der Waals surface area contributed by atoms with Crippen LogP contribution in [-0.2, 0) is 6.42 Å². The molecule has 2 heterocycles. The fourth-order valence-corrected chi connectivity index (χ4v) is 3.97. The number of H-pyrrole nitrogens is 1. The molecule has 6 nitrogen and oxygen atoms in total. The van der Waals surface area contributed by atoms with Gasteiger partial charge in [-0.2, -0.15) is 5.10 Å². The highest BCUT2D eigenvalue weighted by Gasteiger charge is 2.14. The van der Waals surface area contributed by atoms with Crippen LogP contribution < -0.4 is 11.2 Å². The molecule has 0 atom stereocenters. The molecule has 30 heavy (non-hydrogen) atoms. The highest BCUT2D eigenvalue weighted by atomic mass is 16.2. The van der Waals surface area contributed by atoms with Gasteiger partial charge in [-0.05, 0) is 56.5 Å². The molecule has 0 fully saturated rings. The van der Waals surface area contributed by atoms with E-state index in [1.807, 2.05) is 19.9 Å². The average molecular weight is 400 g/mol. The summed E-state index contributed by atoms with van der Waals surface area (Å²) in [6.07, 6.45) is 2.51. The number of nitrogens with zero attached hydrogens (tertiary/aromatic N) is 3. The standard InChI is InChI=1S/C24H24N4O2/c1-5-18-10-8-9-15(2)22(18)27-16(3)13-19(17(27)4)14-25-28-23(29)20-11-6-7-12-21(20)26-24(28)30/h6-14H,5H2,1-4H3,(H,26,30). The minimum absolute atomic E-state index is 0.423. The molecule has 0 aliphatic carbocycles. The van der Waals surface area contributed by atoms with Crippen LogP contribution in [0.25, 0.3) is 16.6 Å². The van der Waals surface area contributed by atoms with E-state index in [0.717, 1.165) is 28.0 Å². The molecule has 4 rings (SSSR count). The van der Waals surface area contributed by atoms with E-state index in [4.69, 9.17) is 0 Å². The van der Waals surface area contributed by atoms with Crippen LogP contribution >= 0.6 is 0 Å². The molecule has 152 valence electrons. The summed E-state index contributed by atoms with van der Waals surface area (Å²) in [5, 5.41) is 4.65. The Morgan fingerprint density at radius 3 is 2.57 bits per heavy atom. The van der Waals surface area contributed by atoms with Gasteiger partial charge in [0.15, 0.2) is 0 Å². The molecule has 0 unspecified atom stereocenters. The monoisotopic (exact) mass is 400 g/mol. The minimum atomic E-state index is -0.559. The molecule has 6 heteroatoms. The molecular formula is C24H24N4O2. The van der Waals surface area contributed by atoms with Gasteiger partial charge < -0.3 is 9.55 Å². The van der Waals surface area contributed by atoms with Gasteiger partial charge in [0.25, 0.3) is 5.56 Å². The van der Waals surface area contributed by atoms with Crippen molar-refractivity contribution in [2.24, 2.45) is 5.10 Å². The summed E-state index contributed by atoms with van der Waals surface area (Å²) in [5.41, 5.74) is 6.08. The summed E-state index contributed by atoms with van der Waals surface area (Å²) in [6.45, 7) is 8.32. The number of aromatic nitrogens is 3. The van der Waals surface area contributed by atoms with Crippen LogP contribution in [0.4, 0.5) is 0 Å². The van der Waals surface area contributed by atoms with E-state index < -0.39 is 11.2 Å². The highest BCUT2D eigenvalue weighted by Crippen LogP contribution is 2.26. The Bertz CT molecular complexity index is 1400. The van der Waals surface area contributed by atoms with E-state index in [0.29, 0.717) is 10.9 Å². The molecule has 4 aromatic rings. The van der Waals surface area contributed by atoms with Crippen LogP contribution in [0.1, 0.15) is 35.0 Å². The first kappa shape index (κ1) is 19.6. The maximum absolute atomic E-state index is 12.7. The second kappa shape index (κ2) is 7.63. The van der Waals surface area contributed by atoms with Crippen molar-refractivity contribution in [1.82, 2.24) is 14.2 Å². The number of fused-ring (bicyclic) bond motifs is 1. The molecule has 0 aliphatic rings. The summed E-state index contributed by atoms with van der Waals surface area (Å²) in [7, 11) is 0. The number of aryl methyl sites for hydroxylation is 3. The number of rotatable bonds is 4. The Morgan fingerprint density at radius 2 is 1.80 bits per heavy atom. The highest BCUT2D eigenvalue weighted by molar-refractivity contribution is 5.82. The van der Waals surface area contributed by atoms with Gasteiger partial charge in [-0.25, -0.2) is 4.79 Å². The zero-order valence-corrected chi connectivity index (χ0v) is 17.6. The molecule has 0 saturated carbocycles. The molecule has 2 aromatic carbocycles. The molecule has 0 aliphatic heterocycles. The first-order chi connectivity index (χ1) is 14.4. The number of hydrogen-bond acceptors (Lipinski definition) is 3. The smallest absolute Gasteiger partial charge is 0.317 e. The second-order valence-corrected chi connectivity index (χ2v) is 7.44. The Kier molecular flexibility index (Phi) is 4.99. The predicted molar refractivity (Wildman–Crippen MR) is 121 cm³/mol. The van der Waals surface area contributed by atoms with Crippen molar-refractivity contribution in [2.45, 2.75) is 34.1 Å². The van der Waals surface area contributed by atoms with E-state index in [1.165, 1.54) is 16.8 Å². The number of aromatic amines is 1. The van der Waals surface area contributed by atoms with E-state index in [1.54, 1.807) is 30.5 Å². The third-order valence-corrected chi connectivity index (χ3v) is 5.49. The lowest BCUT2D eigenvalue weighted by atomic mass is 10.1. The Hall–Kier alpha value is -3.67. The van der Waals surface area contributed by atoms with Gasteiger partial charge in [-0.3, -0.25) is 4.79 Å². The van der Waals surface area contributed by atoms with Gasteiger partial charge in [0, 0.05) is 17.0 Å². The van der Waals surface area contributed by atoms with Crippen LogP contribution in [0.2, 0.25) is 0 Å². The predicted octanol–water partition coefficient (Wildman–Crippen LogP) is 3.85. The fourth-order valence-electron chi connectivity index (χ4n) is 3.97. The van der Waals surface area contributed by atoms with Gasteiger partial charge in [0.1, 0.15) is 0 Å². The van der Waals surface area contributed by atoms with E-state index in [2.05, 4.69) is 46.7 Å². The van der Waals surface area contributed by atoms with Gasteiger partial charge in [0.2, 0.25) is 0 Å². The van der Waals surface area contributed by atoms with Gasteiger partial charge in [-0.15, -0.1) is 4.68 Å². The molecule has 0 spiro atoms. The quantitative estimate of drug-likeness (QED) is 0.529. The summed E-state index contributed by atoms with van der Waals surface area (Å²) in [6, 6.07) is 15.3. The second-order valence-electron chi connectivity index (χ2n) is 7.44. The number of benzene rings is 2. The van der Waals surface area contributed by atoms with Gasteiger partial charge >= 0.3 is 5.69 Å². The lowest BCUT2D eigenvalue weighted by Gasteiger charge is -2.17. The van der Waals surface area contributed by atoms with Crippen LogP contribution in [0, 0.1) is 20.8 Å². The van der Waals surface area contributed by atoms with E-state index in [9.17, 15) is 9.59 Å². The van der Waals surface area contributed by atoms with Gasteiger partial charge in [-0.1, -0.05) is 37.3 Å². The minimum Gasteiger partial charge on any atom is -0.317 e. The number of para-hydroxylation sites is 2. The summed E-state index contributed by atoms with van der Waals surface area (Å²) >= 11 is 0. The van der Waals surface area contributed by atoms with Crippen molar-refractivity contribution >= 4 is 17.1 Å². The molecule has 0 radical (unpaired) electrons. The van der Waals surface area contributed by atoms with Crippen molar-refractivity contribution in [3.8, 4) is 5.69 Å². The summed E-state index contributed by atoms with van der Waals surface area (Å²) < 4.78 is 3.09. The Labute approximate surface area is 174 Å². The zero-order valence-electron chi connectivity index (χ0n) is 17.6. The lowest BCUT2D eigenvalue weighted by Crippen LogP contribution is -2.32. The maximum atomic E-state index is 12.7. The Morgan fingerprint density at radius 1 is 1.03 bits per heavy atom. The Balaban J connectivity index is 1.83. The molecule has 2 aromatic heterocycles. The summed E-state index contributed by atoms with van der Waals surface area (Å²) in [5.74, 6) is 0. The summed E-state index contributed by atoms with van der Waals surface area (Å²) in [4.78, 5) is 27.8. The lowest BCUT2D eigenvalue weighted by molar-refractivity contribution is 0.771. The topological polar surface area (TPSA) is 72.2 Å². The largest absolute Gasteiger partial charge is 0.349 e.